The fraction of sp³-hybridized carbons (Fsp3) is 0.542. The summed E-state index contributed by atoms with van der Waals surface area (Å²) in [6.45, 7) is 5.75. The van der Waals surface area contributed by atoms with Crippen molar-refractivity contribution in [3.8, 4) is 5.75 Å². The molecule has 7 nitrogen and oxygen atoms in total. The van der Waals surface area contributed by atoms with Crippen LogP contribution in [0.1, 0.15) is 48.3 Å². The van der Waals surface area contributed by atoms with Gasteiger partial charge in [0.1, 0.15) is 11.6 Å². The Kier molecular flexibility index (Phi) is 5.30. The minimum atomic E-state index is -0.0367. The molecule has 164 valence electrons. The van der Waals surface area contributed by atoms with Gasteiger partial charge in [-0.25, -0.2) is 4.98 Å². The summed E-state index contributed by atoms with van der Waals surface area (Å²) < 4.78 is 5.47. The van der Waals surface area contributed by atoms with Crippen LogP contribution in [0, 0.1) is 11.8 Å². The Bertz CT molecular complexity index is 1050. The van der Waals surface area contributed by atoms with Crippen LogP contribution in [0.4, 0.5) is 0 Å². The minimum absolute atomic E-state index is 0.0367. The van der Waals surface area contributed by atoms with Crippen molar-refractivity contribution < 1.29 is 9.53 Å². The van der Waals surface area contributed by atoms with Gasteiger partial charge in [-0.15, -0.1) is 0 Å². The minimum Gasteiger partial charge on any atom is -0.496 e. The molecule has 0 radical (unpaired) electrons. The first-order valence-electron chi connectivity index (χ1n) is 11.3. The second kappa shape index (κ2) is 8.11. The summed E-state index contributed by atoms with van der Waals surface area (Å²) in [6.07, 6.45) is 2.64. The fourth-order valence-electron chi connectivity index (χ4n) is 4.99. The molecule has 1 saturated heterocycles. The number of rotatable bonds is 5. The first-order valence-corrected chi connectivity index (χ1v) is 11.3. The van der Waals surface area contributed by atoms with E-state index in [1.807, 2.05) is 23.1 Å². The lowest BCUT2D eigenvalue weighted by Gasteiger charge is -2.28. The molecule has 5 rings (SSSR count). The number of H-pyrrole nitrogens is 1. The van der Waals surface area contributed by atoms with Crippen molar-refractivity contribution in [3.63, 3.8) is 0 Å². The summed E-state index contributed by atoms with van der Waals surface area (Å²) in [7, 11) is 1.68. The van der Waals surface area contributed by atoms with E-state index in [4.69, 9.17) is 9.72 Å². The number of benzene rings is 1. The Morgan fingerprint density at radius 1 is 1.29 bits per heavy atom. The average molecular weight is 423 g/mol. The smallest absolute Gasteiger partial charge is 0.255 e. The van der Waals surface area contributed by atoms with Crippen LogP contribution in [0.25, 0.3) is 0 Å². The first-order chi connectivity index (χ1) is 15.0. The van der Waals surface area contributed by atoms with Crippen molar-refractivity contribution in [2.75, 3.05) is 26.7 Å². The van der Waals surface area contributed by atoms with Crippen molar-refractivity contribution in [1.82, 2.24) is 19.8 Å². The molecule has 1 amide bonds. The number of para-hydroxylation sites is 1. The molecule has 1 N–H and O–H groups in total. The monoisotopic (exact) mass is 422 g/mol. The largest absolute Gasteiger partial charge is 0.496 e. The van der Waals surface area contributed by atoms with Crippen molar-refractivity contribution in [2.24, 2.45) is 11.8 Å². The number of hydrogen-bond acceptors (Lipinski definition) is 5. The van der Waals surface area contributed by atoms with Crippen LogP contribution in [0.5, 0.6) is 5.75 Å². The Hall–Kier alpha value is -2.67. The molecule has 7 heteroatoms. The van der Waals surface area contributed by atoms with Crippen LogP contribution >= 0.6 is 0 Å². The highest BCUT2D eigenvalue weighted by Gasteiger charge is 2.43. The van der Waals surface area contributed by atoms with Crippen LogP contribution < -0.4 is 10.3 Å². The van der Waals surface area contributed by atoms with Gasteiger partial charge in [-0.1, -0.05) is 25.1 Å². The maximum absolute atomic E-state index is 12.9. The fourth-order valence-corrected chi connectivity index (χ4v) is 4.99. The highest BCUT2D eigenvalue weighted by Crippen LogP contribution is 2.40. The summed E-state index contributed by atoms with van der Waals surface area (Å²) in [4.78, 5) is 37.6. The highest BCUT2D eigenvalue weighted by atomic mass is 16.5. The number of fused-ring (bicyclic) bond motifs is 1. The van der Waals surface area contributed by atoms with E-state index in [1.165, 1.54) is 0 Å². The Balaban J connectivity index is 1.28. The number of nitrogens with zero attached hydrogens (tertiary/aromatic N) is 3. The Labute approximate surface area is 182 Å². The number of aromatic nitrogens is 2. The number of amides is 1. The second-order valence-electron chi connectivity index (χ2n) is 9.24. The lowest BCUT2D eigenvalue weighted by atomic mass is 10.0. The topological polar surface area (TPSA) is 78.5 Å². The predicted octanol–water partition coefficient (Wildman–Crippen LogP) is 2.31. The summed E-state index contributed by atoms with van der Waals surface area (Å²) in [5, 5.41) is 0. The molecular formula is C24H30N4O3. The zero-order valence-corrected chi connectivity index (χ0v) is 18.3. The molecular weight excluding hydrogens is 392 g/mol. The number of carbonyl (C=O) groups excluding carboxylic acids is 1. The van der Waals surface area contributed by atoms with Crippen LogP contribution in [-0.4, -0.2) is 52.4 Å². The van der Waals surface area contributed by atoms with Gasteiger partial charge in [0.25, 0.3) is 5.56 Å². The standard InChI is InChI=1S/C24H30N4O3/c1-15-11-18(15)24(30)28-10-7-17(13-28)22-25-20-8-9-27(14-19(20)23(29)26-22)12-16-5-3-4-6-21(16)31-2/h3-6,15,17-18H,7-14H2,1-2H3,(H,25,26,29)/t15-,17-,18-/m0/s1. The van der Waals surface area contributed by atoms with Crippen LogP contribution in [-0.2, 0) is 24.3 Å². The van der Waals surface area contributed by atoms with E-state index in [-0.39, 0.29) is 23.3 Å². The Morgan fingerprint density at radius 3 is 2.87 bits per heavy atom. The third kappa shape index (κ3) is 3.99. The molecule has 0 spiro atoms. The SMILES string of the molecule is COc1ccccc1CN1CCc2nc([C@H]3CCN(C(=O)[C@H]4C[C@@H]4C)C3)[nH]c(=O)c2C1. The van der Waals surface area contributed by atoms with E-state index in [2.05, 4.69) is 22.9 Å². The van der Waals surface area contributed by atoms with Crippen molar-refractivity contribution >= 4 is 5.91 Å². The molecule has 0 unspecified atom stereocenters. The number of nitrogens with one attached hydrogen (secondary N) is 1. The van der Waals surface area contributed by atoms with Gasteiger partial charge in [0.05, 0.1) is 18.4 Å². The van der Waals surface area contributed by atoms with E-state index in [1.54, 1.807) is 7.11 Å². The number of carbonyl (C=O) groups is 1. The van der Waals surface area contributed by atoms with Crippen LogP contribution in [0.2, 0.25) is 0 Å². The van der Waals surface area contributed by atoms with Gasteiger partial charge in [-0.2, -0.15) is 0 Å². The zero-order chi connectivity index (χ0) is 21.5. The number of likely N-dealkylation sites (tertiary alicyclic amines) is 1. The molecule has 2 aliphatic heterocycles. The van der Waals surface area contributed by atoms with Gasteiger partial charge in [0.15, 0.2) is 0 Å². The molecule has 2 fully saturated rings. The molecule has 3 heterocycles. The number of hydrogen-bond donors (Lipinski definition) is 1. The average Bonchev–Trinajstić information content (AvgIpc) is 3.31. The zero-order valence-electron chi connectivity index (χ0n) is 18.3. The number of aromatic amines is 1. The molecule has 0 bridgehead atoms. The predicted molar refractivity (Wildman–Crippen MR) is 117 cm³/mol. The summed E-state index contributed by atoms with van der Waals surface area (Å²) >= 11 is 0. The molecule has 1 saturated carbocycles. The van der Waals surface area contributed by atoms with E-state index >= 15 is 0 Å². The third-order valence-electron chi connectivity index (χ3n) is 7.07. The lowest BCUT2D eigenvalue weighted by molar-refractivity contribution is -0.131. The molecule has 1 aromatic heterocycles. The molecule has 1 aromatic carbocycles. The van der Waals surface area contributed by atoms with Gasteiger partial charge in [-0.05, 0) is 24.8 Å². The normalized spacial score (nSPS) is 25.4. The molecule has 3 aliphatic rings. The van der Waals surface area contributed by atoms with Gasteiger partial charge in [-0.3, -0.25) is 14.5 Å². The number of methoxy groups -OCH3 is 1. The summed E-state index contributed by atoms with van der Waals surface area (Å²) in [5.41, 5.74) is 2.76. The Morgan fingerprint density at radius 2 is 2.10 bits per heavy atom. The lowest BCUT2D eigenvalue weighted by Crippen LogP contribution is -2.36. The van der Waals surface area contributed by atoms with Crippen LogP contribution in [0.15, 0.2) is 29.1 Å². The van der Waals surface area contributed by atoms with Gasteiger partial charge in [0.2, 0.25) is 5.91 Å². The van der Waals surface area contributed by atoms with Gasteiger partial charge in [0, 0.05) is 56.5 Å². The van der Waals surface area contributed by atoms with E-state index in [0.717, 1.165) is 67.3 Å². The van der Waals surface area contributed by atoms with Crippen molar-refractivity contribution in [3.05, 3.63) is 57.3 Å². The first kappa shape index (κ1) is 20.2. The quantitative estimate of drug-likeness (QED) is 0.800. The maximum Gasteiger partial charge on any atom is 0.255 e. The molecule has 2 aromatic rings. The van der Waals surface area contributed by atoms with Crippen molar-refractivity contribution in [1.29, 1.82) is 0 Å². The number of ether oxygens (including phenoxy) is 1. The van der Waals surface area contributed by atoms with Crippen LogP contribution in [0.3, 0.4) is 0 Å². The maximum atomic E-state index is 12.9. The van der Waals surface area contributed by atoms with E-state index < -0.39 is 0 Å². The van der Waals surface area contributed by atoms with Gasteiger partial charge >= 0.3 is 0 Å². The highest BCUT2D eigenvalue weighted by molar-refractivity contribution is 5.81. The van der Waals surface area contributed by atoms with E-state index in [9.17, 15) is 9.59 Å². The van der Waals surface area contributed by atoms with Crippen molar-refractivity contribution in [2.45, 2.75) is 45.2 Å². The van der Waals surface area contributed by atoms with E-state index in [0.29, 0.717) is 19.0 Å². The molecule has 31 heavy (non-hydrogen) atoms. The molecule has 3 atom stereocenters. The molecule has 1 aliphatic carbocycles. The summed E-state index contributed by atoms with van der Waals surface area (Å²) in [5.74, 6) is 2.76. The van der Waals surface area contributed by atoms with Gasteiger partial charge < -0.3 is 14.6 Å². The second-order valence-corrected chi connectivity index (χ2v) is 9.24. The summed E-state index contributed by atoms with van der Waals surface area (Å²) in [6, 6.07) is 8.01. The third-order valence-corrected chi connectivity index (χ3v) is 7.07.